The lowest BCUT2D eigenvalue weighted by molar-refractivity contribution is 0.140. The molecule has 2 aliphatic heterocycles. The zero-order valence-corrected chi connectivity index (χ0v) is 17.5. The fraction of sp³-hybridized carbons (Fsp3) is 0.952. The number of rotatable bonds is 5. The van der Waals surface area contributed by atoms with E-state index in [0.29, 0.717) is 11.3 Å². The van der Waals surface area contributed by atoms with Crippen LogP contribution in [0.5, 0.6) is 0 Å². The van der Waals surface area contributed by atoms with E-state index in [4.69, 9.17) is 4.99 Å². The second kappa shape index (κ2) is 9.41. The van der Waals surface area contributed by atoms with Crippen molar-refractivity contribution >= 4 is 5.96 Å². The van der Waals surface area contributed by atoms with Crippen molar-refractivity contribution in [3.63, 3.8) is 0 Å². The lowest BCUT2D eigenvalue weighted by atomic mass is 9.73. The second-order valence-corrected chi connectivity index (χ2v) is 9.14. The van der Waals surface area contributed by atoms with Gasteiger partial charge in [-0.05, 0) is 44.6 Å². The molecule has 2 saturated heterocycles. The topological polar surface area (TPSA) is 34.1 Å². The van der Waals surface area contributed by atoms with Crippen molar-refractivity contribution in [2.24, 2.45) is 16.3 Å². The van der Waals surface area contributed by atoms with Crippen LogP contribution in [0.15, 0.2) is 4.99 Å². The number of hydrogen-bond donors (Lipinski definition) is 1. The molecule has 0 bridgehead atoms. The van der Waals surface area contributed by atoms with E-state index in [1.54, 1.807) is 0 Å². The molecule has 1 saturated carbocycles. The van der Waals surface area contributed by atoms with Gasteiger partial charge in [-0.25, -0.2) is 0 Å². The number of hydrogen-bond acceptors (Lipinski definition) is 3. The molecule has 0 radical (unpaired) electrons. The van der Waals surface area contributed by atoms with E-state index in [2.05, 4.69) is 40.9 Å². The molecule has 5 heteroatoms. The first-order valence-corrected chi connectivity index (χ1v) is 11.0. The summed E-state index contributed by atoms with van der Waals surface area (Å²) in [5.74, 6) is 1.79. The van der Waals surface area contributed by atoms with E-state index in [0.717, 1.165) is 13.1 Å². The van der Waals surface area contributed by atoms with Gasteiger partial charge in [0.1, 0.15) is 0 Å². The number of nitrogens with one attached hydrogen (secondary N) is 1. The average molecular weight is 364 g/mol. The number of likely N-dealkylation sites (N-methyl/N-ethyl adjacent to an activating group) is 1. The van der Waals surface area contributed by atoms with Gasteiger partial charge in [0.25, 0.3) is 0 Å². The molecule has 5 nitrogen and oxygen atoms in total. The van der Waals surface area contributed by atoms with E-state index in [1.807, 2.05) is 0 Å². The molecule has 150 valence electrons. The molecule has 1 spiro atoms. The molecule has 2 heterocycles. The highest BCUT2D eigenvalue weighted by molar-refractivity contribution is 5.80. The van der Waals surface area contributed by atoms with Gasteiger partial charge in [-0.3, -0.25) is 4.99 Å². The normalized spacial score (nSPS) is 26.4. The molecule has 3 rings (SSSR count). The average Bonchev–Trinajstić information content (AvgIpc) is 3.04. The molecule has 0 aromatic carbocycles. The third kappa shape index (κ3) is 5.35. The number of guanidine groups is 1. The summed E-state index contributed by atoms with van der Waals surface area (Å²) < 4.78 is 0. The van der Waals surface area contributed by atoms with E-state index >= 15 is 0 Å². The van der Waals surface area contributed by atoms with Crippen molar-refractivity contribution in [2.45, 2.75) is 52.4 Å². The van der Waals surface area contributed by atoms with Crippen LogP contribution >= 0.6 is 0 Å². The van der Waals surface area contributed by atoms with Crippen LogP contribution in [-0.4, -0.2) is 86.6 Å². The first kappa shape index (κ1) is 19.9. The highest BCUT2D eigenvalue weighted by Gasteiger charge is 2.39. The minimum Gasteiger partial charge on any atom is -0.357 e. The van der Waals surface area contributed by atoms with Crippen molar-refractivity contribution in [2.75, 3.05) is 66.0 Å². The quantitative estimate of drug-likeness (QED) is 0.601. The summed E-state index contributed by atoms with van der Waals surface area (Å²) >= 11 is 0. The number of piperazine rings is 1. The monoisotopic (exact) mass is 363 g/mol. The summed E-state index contributed by atoms with van der Waals surface area (Å²) in [6.07, 6.45) is 8.55. The minimum atomic E-state index is 0.597. The Kier molecular flexibility index (Phi) is 7.21. The van der Waals surface area contributed by atoms with E-state index in [-0.39, 0.29) is 0 Å². The van der Waals surface area contributed by atoms with Crippen molar-refractivity contribution in [3.05, 3.63) is 0 Å². The van der Waals surface area contributed by atoms with Crippen LogP contribution in [0.4, 0.5) is 0 Å². The molecule has 3 aliphatic rings. The van der Waals surface area contributed by atoms with Crippen molar-refractivity contribution in [1.29, 1.82) is 0 Å². The molecule has 1 N–H and O–H groups in total. The van der Waals surface area contributed by atoms with Gasteiger partial charge in [0, 0.05) is 58.9 Å². The van der Waals surface area contributed by atoms with Crippen molar-refractivity contribution < 1.29 is 0 Å². The summed E-state index contributed by atoms with van der Waals surface area (Å²) in [7, 11) is 2.23. The predicted octanol–water partition coefficient (Wildman–Crippen LogP) is 2.49. The summed E-state index contributed by atoms with van der Waals surface area (Å²) in [6.45, 7) is 14.9. The Hall–Kier alpha value is -0.810. The van der Waals surface area contributed by atoms with Gasteiger partial charge in [-0.15, -0.1) is 0 Å². The Bertz CT molecular complexity index is 449. The predicted molar refractivity (Wildman–Crippen MR) is 111 cm³/mol. The minimum absolute atomic E-state index is 0.597. The Morgan fingerprint density at radius 2 is 1.77 bits per heavy atom. The molecule has 1 atom stereocenters. The smallest absolute Gasteiger partial charge is 0.193 e. The molecule has 0 aromatic rings. The molecular weight excluding hydrogens is 322 g/mol. The maximum atomic E-state index is 5.05. The first-order valence-electron chi connectivity index (χ1n) is 11.0. The van der Waals surface area contributed by atoms with Crippen LogP contribution in [0, 0.1) is 11.3 Å². The molecule has 0 aromatic heterocycles. The van der Waals surface area contributed by atoms with Crippen LogP contribution in [-0.2, 0) is 0 Å². The maximum absolute atomic E-state index is 5.05. The van der Waals surface area contributed by atoms with Gasteiger partial charge in [-0.1, -0.05) is 26.2 Å². The summed E-state index contributed by atoms with van der Waals surface area (Å²) in [4.78, 5) is 12.6. The van der Waals surface area contributed by atoms with Gasteiger partial charge in [0.05, 0.1) is 0 Å². The second-order valence-electron chi connectivity index (χ2n) is 9.14. The van der Waals surface area contributed by atoms with E-state index in [1.165, 1.54) is 90.3 Å². The van der Waals surface area contributed by atoms with Crippen LogP contribution < -0.4 is 5.32 Å². The van der Waals surface area contributed by atoms with Crippen molar-refractivity contribution in [3.8, 4) is 0 Å². The lowest BCUT2D eigenvalue weighted by Crippen LogP contribution is -2.46. The van der Waals surface area contributed by atoms with Gasteiger partial charge < -0.3 is 20.0 Å². The highest BCUT2D eigenvalue weighted by atomic mass is 15.3. The fourth-order valence-corrected chi connectivity index (χ4v) is 5.02. The summed E-state index contributed by atoms with van der Waals surface area (Å²) in [6, 6.07) is 0. The van der Waals surface area contributed by atoms with Crippen LogP contribution in [0.3, 0.4) is 0 Å². The third-order valence-electron chi connectivity index (χ3n) is 6.71. The zero-order chi connectivity index (χ0) is 18.4. The van der Waals surface area contributed by atoms with Crippen LogP contribution in [0.25, 0.3) is 0 Å². The number of aliphatic imine (C=N–C) groups is 1. The summed E-state index contributed by atoms with van der Waals surface area (Å²) in [5, 5.41) is 3.57. The van der Waals surface area contributed by atoms with Gasteiger partial charge in [-0.2, -0.15) is 0 Å². The van der Waals surface area contributed by atoms with Gasteiger partial charge >= 0.3 is 0 Å². The zero-order valence-electron chi connectivity index (χ0n) is 17.5. The maximum Gasteiger partial charge on any atom is 0.193 e. The highest BCUT2D eigenvalue weighted by Crippen LogP contribution is 2.43. The Balaban J connectivity index is 1.50. The molecule has 26 heavy (non-hydrogen) atoms. The standard InChI is InChI=1S/C21H41N5/c1-4-22-20(26-11-10-21(18-26)8-6-5-7-9-21)23-16-19(2)17-25-14-12-24(3)13-15-25/h19H,4-18H2,1-3H3,(H,22,23). The van der Waals surface area contributed by atoms with E-state index < -0.39 is 0 Å². The largest absolute Gasteiger partial charge is 0.357 e. The van der Waals surface area contributed by atoms with Crippen LogP contribution in [0.2, 0.25) is 0 Å². The van der Waals surface area contributed by atoms with Crippen molar-refractivity contribution in [1.82, 2.24) is 20.0 Å². The Labute approximate surface area is 161 Å². The Morgan fingerprint density at radius 1 is 1.04 bits per heavy atom. The molecule has 1 unspecified atom stereocenters. The molecule has 3 fully saturated rings. The SMILES string of the molecule is CCNC(=NCC(C)CN1CCN(C)CC1)N1CCC2(CCCCC2)C1. The van der Waals surface area contributed by atoms with Gasteiger partial charge in [0.15, 0.2) is 5.96 Å². The fourth-order valence-electron chi connectivity index (χ4n) is 5.02. The third-order valence-corrected chi connectivity index (χ3v) is 6.71. The van der Waals surface area contributed by atoms with E-state index in [9.17, 15) is 0 Å². The van der Waals surface area contributed by atoms with Crippen LogP contribution in [0.1, 0.15) is 52.4 Å². The summed E-state index contributed by atoms with van der Waals surface area (Å²) in [5.41, 5.74) is 0.597. The number of nitrogens with zero attached hydrogens (tertiary/aromatic N) is 4. The lowest BCUT2D eigenvalue weighted by Gasteiger charge is -2.34. The first-order chi connectivity index (χ1) is 12.6. The molecule has 1 aliphatic carbocycles. The Morgan fingerprint density at radius 3 is 2.46 bits per heavy atom. The number of likely N-dealkylation sites (tertiary alicyclic amines) is 1. The molecular formula is C21H41N5. The van der Waals surface area contributed by atoms with Gasteiger partial charge in [0.2, 0.25) is 0 Å². The molecule has 0 amide bonds.